The number of benzene rings is 3. The van der Waals surface area contributed by atoms with Crippen LogP contribution in [0.2, 0.25) is 0 Å². The summed E-state index contributed by atoms with van der Waals surface area (Å²) in [7, 11) is 0. The molecule has 1 amide bonds. The minimum absolute atomic E-state index is 0.126. The molecule has 0 atom stereocenters. The van der Waals surface area contributed by atoms with Crippen molar-refractivity contribution >= 4 is 34.4 Å². The molecule has 2 heterocycles. The summed E-state index contributed by atoms with van der Waals surface area (Å²) in [6.45, 7) is 2.04. The molecule has 8 heteroatoms. The summed E-state index contributed by atoms with van der Waals surface area (Å²) in [6.07, 6.45) is 3.24. The molecule has 0 unspecified atom stereocenters. The lowest BCUT2D eigenvalue weighted by atomic mass is 10.2. The topological polar surface area (TPSA) is 81.9 Å². The standard InChI is InChI=1S/C26H21N5O2S/c1-18-7-11-20(12-8-18)31-25-23(15-29-31)26(28-17-27-25)34-16-24(32)30-19-9-13-22(14-10-19)33-21-5-3-2-4-6-21/h2-15,17H,16H2,1H3,(H,30,32). The first-order chi connectivity index (χ1) is 16.7. The predicted molar refractivity (Wildman–Crippen MR) is 134 cm³/mol. The zero-order chi connectivity index (χ0) is 23.3. The van der Waals surface area contributed by atoms with Crippen LogP contribution >= 0.6 is 11.8 Å². The number of nitrogens with zero attached hydrogens (tertiary/aromatic N) is 4. The minimum atomic E-state index is -0.126. The van der Waals surface area contributed by atoms with Gasteiger partial charge in [-0.25, -0.2) is 14.6 Å². The van der Waals surface area contributed by atoms with E-state index in [2.05, 4.69) is 20.4 Å². The third-order valence-electron chi connectivity index (χ3n) is 5.06. The second kappa shape index (κ2) is 9.76. The van der Waals surface area contributed by atoms with Crippen molar-refractivity contribution in [3.05, 3.63) is 97.0 Å². The number of carbonyl (C=O) groups is 1. The van der Waals surface area contributed by atoms with Gasteiger partial charge in [-0.05, 0) is 55.5 Å². The number of aryl methyl sites for hydroxylation is 1. The highest BCUT2D eigenvalue weighted by Gasteiger charge is 2.13. The number of fused-ring (bicyclic) bond motifs is 1. The minimum Gasteiger partial charge on any atom is -0.457 e. The molecule has 0 aliphatic heterocycles. The van der Waals surface area contributed by atoms with Crippen molar-refractivity contribution in [2.75, 3.05) is 11.1 Å². The lowest BCUT2D eigenvalue weighted by molar-refractivity contribution is -0.113. The highest BCUT2D eigenvalue weighted by Crippen LogP contribution is 2.27. The molecule has 0 radical (unpaired) electrons. The van der Waals surface area contributed by atoms with E-state index in [0.29, 0.717) is 22.1 Å². The van der Waals surface area contributed by atoms with Crippen LogP contribution in [-0.4, -0.2) is 31.4 Å². The number of thioether (sulfide) groups is 1. The number of anilines is 1. The van der Waals surface area contributed by atoms with Gasteiger partial charge in [0.15, 0.2) is 5.65 Å². The van der Waals surface area contributed by atoms with E-state index < -0.39 is 0 Å². The fourth-order valence-corrected chi connectivity index (χ4v) is 4.14. The number of hydrogen-bond donors (Lipinski definition) is 1. The smallest absolute Gasteiger partial charge is 0.234 e. The van der Waals surface area contributed by atoms with E-state index in [4.69, 9.17) is 4.74 Å². The first-order valence-corrected chi connectivity index (χ1v) is 11.7. The Balaban J connectivity index is 1.22. The van der Waals surface area contributed by atoms with Gasteiger partial charge in [0.2, 0.25) is 5.91 Å². The van der Waals surface area contributed by atoms with E-state index in [1.54, 1.807) is 10.9 Å². The zero-order valence-electron chi connectivity index (χ0n) is 18.4. The van der Waals surface area contributed by atoms with Crippen LogP contribution in [0.4, 0.5) is 5.69 Å². The maximum atomic E-state index is 12.5. The number of hydrogen-bond acceptors (Lipinski definition) is 6. The second-order valence-corrected chi connectivity index (χ2v) is 8.55. The molecule has 5 aromatic rings. The van der Waals surface area contributed by atoms with Crippen LogP contribution < -0.4 is 10.1 Å². The molecule has 1 N–H and O–H groups in total. The van der Waals surface area contributed by atoms with Crippen molar-refractivity contribution in [2.24, 2.45) is 0 Å². The number of amides is 1. The summed E-state index contributed by atoms with van der Waals surface area (Å²) in [5.41, 5.74) is 3.50. The van der Waals surface area contributed by atoms with Gasteiger partial charge in [-0.2, -0.15) is 5.10 Å². The van der Waals surface area contributed by atoms with Gasteiger partial charge < -0.3 is 10.1 Å². The largest absolute Gasteiger partial charge is 0.457 e. The van der Waals surface area contributed by atoms with Gasteiger partial charge in [0.25, 0.3) is 0 Å². The fraction of sp³-hybridized carbons (Fsp3) is 0.0769. The molecule has 3 aromatic carbocycles. The quantitative estimate of drug-likeness (QED) is 0.246. The monoisotopic (exact) mass is 467 g/mol. The van der Waals surface area contributed by atoms with E-state index >= 15 is 0 Å². The highest BCUT2D eigenvalue weighted by molar-refractivity contribution is 8.00. The molecular formula is C26H21N5O2S. The van der Waals surface area contributed by atoms with Crippen LogP contribution in [0.25, 0.3) is 16.7 Å². The Hall–Kier alpha value is -4.17. The Morgan fingerprint density at radius 1 is 0.941 bits per heavy atom. The van der Waals surface area contributed by atoms with E-state index in [-0.39, 0.29) is 11.7 Å². The molecule has 0 fully saturated rings. The average Bonchev–Trinajstić information content (AvgIpc) is 3.30. The van der Waals surface area contributed by atoms with Gasteiger partial charge in [-0.1, -0.05) is 47.7 Å². The van der Waals surface area contributed by atoms with Crippen molar-refractivity contribution < 1.29 is 9.53 Å². The number of rotatable bonds is 7. The van der Waals surface area contributed by atoms with Gasteiger partial charge in [0.05, 0.1) is 23.0 Å². The molecule has 5 rings (SSSR count). The van der Waals surface area contributed by atoms with E-state index in [9.17, 15) is 4.79 Å². The van der Waals surface area contributed by atoms with Crippen molar-refractivity contribution in [3.63, 3.8) is 0 Å². The van der Waals surface area contributed by atoms with Crippen LogP contribution in [0.15, 0.2) is 96.4 Å². The van der Waals surface area contributed by atoms with Gasteiger partial charge in [0.1, 0.15) is 22.9 Å². The fourth-order valence-electron chi connectivity index (χ4n) is 3.37. The summed E-state index contributed by atoms with van der Waals surface area (Å²) in [5.74, 6) is 1.55. The van der Waals surface area contributed by atoms with E-state index in [1.165, 1.54) is 23.7 Å². The lowest BCUT2D eigenvalue weighted by Gasteiger charge is -2.08. The summed E-state index contributed by atoms with van der Waals surface area (Å²) in [5, 5.41) is 8.91. The molecule has 34 heavy (non-hydrogen) atoms. The summed E-state index contributed by atoms with van der Waals surface area (Å²) < 4.78 is 7.56. The molecule has 2 aromatic heterocycles. The molecule has 0 saturated heterocycles. The van der Waals surface area contributed by atoms with Crippen LogP contribution in [0.1, 0.15) is 5.56 Å². The van der Waals surface area contributed by atoms with Crippen molar-refractivity contribution in [1.29, 1.82) is 0 Å². The summed E-state index contributed by atoms with van der Waals surface area (Å²) in [6, 6.07) is 24.9. The molecule has 0 saturated carbocycles. The third-order valence-corrected chi connectivity index (χ3v) is 6.07. The Morgan fingerprint density at radius 2 is 1.68 bits per heavy atom. The second-order valence-electron chi connectivity index (χ2n) is 7.58. The van der Waals surface area contributed by atoms with Crippen molar-refractivity contribution in [2.45, 2.75) is 11.9 Å². The SMILES string of the molecule is Cc1ccc(-n2ncc3c(SCC(=O)Nc4ccc(Oc5ccccc5)cc4)ncnc32)cc1. The van der Waals surface area contributed by atoms with Gasteiger partial charge in [0, 0.05) is 5.69 Å². The van der Waals surface area contributed by atoms with Crippen molar-refractivity contribution in [3.8, 4) is 17.2 Å². The van der Waals surface area contributed by atoms with Crippen molar-refractivity contribution in [1.82, 2.24) is 19.7 Å². The normalized spacial score (nSPS) is 10.9. The summed E-state index contributed by atoms with van der Waals surface area (Å²) >= 11 is 1.35. The molecule has 0 aliphatic carbocycles. The maximum Gasteiger partial charge on any atom is 0.234 e. The molecule has 0 bridgehead atoms. The number of ether oxygens (including phenoxy) is 1. The number of para-hydroxylation sites is 1. The van der Waals surface area contributed by atoms with Gasteiger partial charge in [-0.3, -0.25) is 4.79 Å². The van der Waals surface area contributed by atoms with Crippen LogP contribution in [0, 0.1) is 6.92 Å². The Kier molecular flexibility index (Phi) is 6.22. The Morgan fingerprint density at radius 3 is 2.44 bits per heavy atom. The maximum absolute atomic E-state index is 12.5. The number of aromatic nitrogens is 4. The van der Waals surface area contributed by atoms with Gasteiger partial charge in [-0.15, -0.1) is 0 Å². The molecule has 0 aliphatic rings. The Bertz CT molecular complexity index is 1420. The predicted octanol–water partition coefficient (Wildman–Crippen LogP) is 5.65. The van der Waals surface area contributed by atoms with Crippen LogP contribution in [0.3, 0.4) is 0 Å². The average molecular weight is 468 g/mol. The highest BCUT2D eigenvalue weighted by atomic mass is 32.2. The lowest BCUT2D eigenvalue weighted by Crippen LogP contribution is -2.14. The molecule has 7 nitrogen and oxygen atoms in total. The van der Waals surface area contributed by atoms with Gasteiger partial charge >= 0.3 is 0 Å². The summed E-state index contributed by atoms with van der Waals surface area (Å²) in [4.78, 5) is 21.3. The number of nitrogens with one attached hydrogen (secondary N) is 1. The first-order valence-electron chi connectivity index (χ1n) is 10.7. The van der Waals surface area contributed by atoms with Crippen LogP contribution in [-0.2, 0) is 4.79 Å². The number of carbonyl (C=O) groups excluding carboxylic acids is 1. The molecule has 168 valence electrons. The molecular weight excluding hydrogens is 446 g/mol. The van der Waals surface area contributed by atoms with Crippen LogP contribution in [0.5, 0.6) is 11.5 Å². The zero-order valence-corrected chi connectivity index (χ0v) is 19.2. The Labute approximate surface area is 200 Å². The first kappa shape index (κ1) is 21.7. The third kappa shape index (κ3) is 4.92. The molecule has 0 spiro atoms. The van der Waals surface area contributed by atoms with E-state index in [1.807, 2.05) is 85.8 Å². The van der Waals surface area contributed by atoms with E-state index in [0.717, 1.165) is 16.8 Å².